The lowest BCUT2D eigenvalue weighted by Gasteiger charge is -2.29. The van der Waals surface area contributed by atoms with Gasteiger partial charge in [0.15, 0.2) is 0 Å². The van der Waals surface area contributed by atoms with Crippen molar-refractivity contribution in [3.05, 3.63) is 0 Å². The van der Waals surface area contributed by atoms with Gasteiger partial charge in [-0.1, -0.05) is 26.7 Å². The number of hydrogen-bond donors (Lipinski definition) is 2. The summed E-state index contributed by atoms with van der Waals surface area (Å²) in [6, 6.07) is 0. The zero-order chi connectivity index (χ0) is 14.3. The van der Waals surface area contributed by atoms with E-state index in [9.17, 15) is 9.59 Å². The van der Waals surface area contributed by atoms with Gasteiger partial charge in [0.05, 0.1) is 11.9 Å². The molecule has 19 heavy (non-hydrogen) atoms. The molecule has 0 aliphatic heterocycles. The minimum atomic E-state index is -0.471. The van der Waals surface area contributed by atoms with Crippen LogP contribution in [-0.4, -0.2) is 42.2 Å². The molecule has 0 heterocycles. The van der Waals surface area contributed by atoms with E-state index in [1.165, 1.54) is 7.11 Å². The Morgan fingerprint density at radius 1 is 1.21 bits per heavy atom. The highest BCUT2D eigenvalue weighted by Gasteiger charge is 2.41. The van der Waals surface area contributed by atoms with Gasteiger partial charge < -0.3 is 15.4 Å². The second-order valence-corrected chi connectivity index (χ2v) is 7.00. The van der Waals surface area contributed by atoms with Crippen LogP contribution in [0, 0.1) is 0 Å². The number of alkyl carbamates (subject to hydrolysis) is 1. The summed E-state index contributed by atoms with van der Waals surface area (Å²) in [5.74, 6) is 0.107. The fourth-order valence-corrected chi connectivity index (χ4v) is 3.98. The molecule has 2 amide bonds. The van der Waals surface area contributed by atoms with Crippen molar-refractivity contribution < 1.29 is 14.3 Å². The van der Waals surface area contributed by atoms with Crippen LogP contribution in [0.2, 0.25) is 0 Å². The molecule has 1 aliphatic rings. The summed E-state index contributed by atoms with van der Waals surface area (Å²) < 4.78 is 4.20. The lowest BCUT2D eigenvalue weighted by atomic mass is 10.1. The third-order valence-electron chi connectivity index (χ3n) is 3.15. The summed E-state index contributed by atoms with van der Waals surface area (Å²) in [6.45, 7) is 5.07. The monoisotopic (exact) mass is 288 g/mol. The van der Waals surface area contributed by atoms with Gasteiger partial charge in [-0.3, -0.25) is 4.79 Å². The average Bonchev–Trinajstić information content (AvgIpc) is 2.82. The van der Waals surface area contributed by atoms with Crippen LogP contribution in [0.15, 0.2) is 0 Å². The first-order chi connectivity index (χ1) is 9.00. The van der Waals surface area contributed by atoms with Crippen molar-refractivity contribution >= 4 is 23.8 Å². The van der Waals surface area contributed by atoms with Crippen molar-refractivity contribution in [3.63, 3.8) is 0 Å². The van der Waals surface area contributed by atoms with Crippen molar-refractivity contribution in [2.45, 2.75) is 49.5 Å². The largest absolute Gasteiger partial charge is 0.453 e. The van der Waals surface area contributed by atoms with Crippen LogP contribution < -0.4 is 10.6 Å². The summed E-state index contributed by atoms with van der Waals surface area (Å²) in [6.07, 6.45) is 3.67. The number of amides is 2. The Morgan fingerprint density at radius 3 is 2.32 bits per heavy atom. The van der Waals surface area contributed by atoms with E-state index >= 15 is 0 Å². The minimum absolute atomic E-state index is 0.107. The van der Waals surface area contributed by atoms with E-state index in [0.717, 1.165) is 25.7 Å². The molecule has 0 unspecified atom stereocenters. The van der Waals surface area contributed by atoms with Crippen LogP contribution >= 0.6 is 11.8 Å². The molecule has 0 spiro atoms. The molecule has 1 fully saturated rings. The summed E-state index contributed by atoms with van der Waals surface area (Å²) >= 11 is 1.76. The molecule has 1 aliphatic carbocycles. The summed E-state index contributed by atoms with van der Waals surface area (Å²) in [7, 11) is 1.32. The van der Waals surface area contributed by atoms with E-state index in [4.69, 9.17) is 0 Å². The Morgan fingerprint density at radius 2 is 1.79 bits per heavy atom. The molecule has 1 saturated carbocycles. The third-order valence-corrected chi connectivity index (χ3v) is 4.67. The Hall–Kier alpha value is -0.910. The molecule has 0 aromatic heterocycles. The van der Waals surface area contributed by atoms with Crippen LogP contribution in [-0.2, 0) is 9.53 Å². The molecular weight excluding hydrogens is 264 g/mol. The van der Waals surface area contributed by atoms with Crippen LogP contribution in [0.5, 0.6) is 0 Å². The lowest BCUT2D eigenvalue weighted by molar-refractivity contribution is -0.123. The predicted molar refractivity (Wildman–Crippen MR) is 77.3 cm³/mol. The zero-order valence-corrected chi connectivity index (χ0v) is 12.8. The van der Waals surface area contributed by atoms with E-state index in [2.05, 4.69) is 29.2 Å². The van der Waals surface area contributed by atoms with Gasteiger partial charge in [-0.15, -0.1) is 11.8 Å². The number of carbonyl (C=O) groups excluding carboxylic acids is 2. The predicted octanol–water partition coefficient (Wildman–Crippen LogP) is 1.91. The maximum Gasteiger partial charge on any atom is 0.406 e. The fraction of sp³-hybridized carbons (Fsp3) is 0.846. The first kappa shape index (κ1) is 16.1. The van der Waals surface area contributed by atoms with Gasteiger partial charge in [0.1, 0.15) is 0 Å². The van der Waals surface area contributed by atoms with Crippen LogP contribution in [0.25, 0.3) is 0 Å². The zero-order valence-electron chi connectivity index (χ0n) is 12.0. The molecule has 110 valence electrons. The number of carbonyl (C=O) groups is 2. The van der Waals surface area contributed by atoms with Crippen LogP contribution in [0.3, 0.4) is 0 Å². The van der Waals surface area contributed by atoms with Crippen molar-refractivity contribution in [2.75, 3.05) is 20.2 Å². The van der Waals surface area contributed by atoms with E-state index in [1.54, 1.807) is 11.8 Å². The number of ether oxygens (including phenoxy) is 1. The van der Waals surface area contributed by atoms with Crippen molar-refractivity contribution in [1.29, 1.82) is 0 Å². The first-order valence-corrected chi connectivity index (χ1v) is 7.66. The number of nitrogens with one attached hydrogen (secondary N) is 2. The summed E-state index contributed by atoms with van der Waals surface area (Å²) in [5.41, 5.74) is 0. The highest BCUT2D eigenvalue weighted by atomic mass is 32.2. The maximum atomic E-state index is 12.3. The second-order valence-electron chi connectivity index (χ2n) is 5.04. The molecule has 6 heteroatoms. The fourth-order valence-electron chi connectivity index (χ4n) is 2.37. The van der Waals surface area contributed by atoms with Gasteiger partial charge in [-0.2, -0.15) is 0 Å². The normalized spacial score (nSPS) is 17.3. The van der Waals surface area contributed by atoms with Gasteiger partial charge in [-0.25, -0.2) is 4.79 Å². The van der Waals surface area contributed by atoms with Crippen LogP contribution in [0.4, 0.5) is 4.79 Å². The smallest absolute Gasteiger partial charge is 0.406 e. The third kappa shape index (κ3) is 4.93. The number of hydrogen-bond acceptors (Lipinski definition) is 4. The highest BCUT2D eigenvalue weighted by molar-refractivity contribution is 8.02. The number of thioether (sulfide) groups is 1. The maximum absolute atomic E-state index is 12.3. The van der Waals surface area contributed by atoms with E-state index in [-0.39, 0.29) is 10.7 Å². The standard InChI is InChI=1S/C13H24N2O3S/c1-10(2)19-13(6-4-5-7-13)11(16)14-8-9-15-12(17)18-3/h10H,4-9H2,1-3H3,(H,14,16)(H,15,17). The SMILES string of the molecule is COC(=O)NCCNC(=O)C1(SC(C)C)CCCC1. The minimum Gasteiger partial charge on any atom is -0.453 e. The van der Waals surface area contributed by atoms with Crippen molar-refractivity contribution in [2.24, 2.45) is 0 Å². The van der Waals surface area contributed by atoms with E-state index in [1.807, 2.05) is 0 Å². The Labute approximate surface area is 119 Å². The Balaban J connectivity index is 2.39. The molecule has 5 nitrogen and oxygen atoms in total. The molecule has 0 aromatic rings. The lowest BCUT2D eigenvalue weighted by Crippen LogP contribution is -2.45. The Kier molecular flexibility index (Phi) is 6.48. The number of methoxy groups -OCH3 is 1. The quantitative estimate of drug-likeness (QED) is 0.733. The number of rotatable bonds is 6. The average molecular weight is 288 g/mol. The first-order valence-electron chi connectivity index (χ1n) is 6.78. The molecule has 0 saturated heterocycles. The van der Waals surface area contributed by atoms with Gasteiger partial charge in [0.2, 0.25) is 5.91 Å². The molecule has 0 atom stereocenters. The van der Waals surface area contributed by atoms with Gasteiger partial charge >= 0.3 is 6.09 Å². The topological polar surface area (TPSA) is 67.4 Å². The van der Waals surface area contributed by atoms with Gasteiger partial charge in [0, 0.05) is 18.3 Å². The highest BCUT2D eigenvalue weighted by Crippen LogP contribution is 2.43. The van der Waals surface area contributed by atoms with Crippen molar-refractivity contribution in [1.82, 2.24) is 10.6 Å². The molecule has 0 radical (unpaired) electrons. The summed E-state index contributed by atoms with van der Waals surface area (Å²) in [5, 5.41) is 5.91. The molecule has 0 bridgehead atoms. The summed E-state index contributed by atoms with van der Waals surface area (Å²) in [4.78, 5) is 23.2. The van der Waals surface area contributed by atoms with Gasteiger partial charge in [0.25, 0.3) is 0 Å². The Bertz CT molecular complexity index is 315. The van der Waals surface area contributed by atoms with Gasteiger partial charge in [-0.05, 0) is 12.8 Å². The molecule has 0 aromatic carbocycles. The van der Waals surface area contributed by atoms with E-state index < -0.39 is 6.09 Å². The second kappa shape index (κ2) is 7.62. The molecule has 2 N–H and O–H groups in total. The van der Waals surface area contributed by atoms with E-state index in [0.29, 0.717) is 18.3 Å². The molecule has 1 rings (SSSR count). The molecular formula is C13H24N2O3S. The van der Waals surface area contributed by atoms with Crippen molar-refractivity contribution in [3.8, 4) is 0 Å². The van der Waals surface area contributed by atoms with Crippen LogP contribution in [0.1, 0.15) is 39.5 Å².